The van der Waals surface area contributed by atoms with E-state index in [0.29, 0.717) is 35.4 Å². The molecule has 8 heteroatoms. The van der Waals surface area contributed by atoms with Gasteiger partial charge in [0, 0.05) is 11.6 Å². The summed E-state index contributed by atoms with van der Waals surface area (Å²) in [5, 5.41) is 14.1. The Morgan fingerprint density at radius 1 is 1.16 bits per heavy atom. The average Bonchev–Trinajstić information content (AvgIpc) is 3.30. The summed E-state index contributed by atoms with van der Waals surface area (Å²) in [5.74, 6) is 1.37. The van der Waals surface area contributed by atoms with Crippen LogP contribution in [-0.4, -0.2) is 31.2 Å². The molecule has 1 aromatic heterocycles. The van der Waals surface area contributed by atoms with Crippen molar-refractivity contribution in [3.8, 4) is 23.3 Å². The molecule has 0 radical (unpaired) electrons. The lowest BCUT2D eigenvalue weighted by molar-refractivity contribution is -0.112. The van der Waals surface area contributed by atoms with E-state index in [4.69, 9.17) is 14.2 Å². The molecule has 0 atom stereocenters. The van der Waals surface area contributed by atoms with Gasteiger partial charge in [-0.15, -0.1) is 11.3 Å². The van der Waals surface area contributed by atoms with Gasteiger partial charge in [0.05, 0.1) is 7.11 Å². The number of carbonyl (C=O) groups excluding carboxylic acids is 1. The van der Waals surface area contributed by atoms with E-state index in [2.05, 4.69) is 10.3 Å². The summed E-state index contributed by atoms with van der Waals surface area (Å²) in [7, 11) is 1.53. The number of benzene rings is 2. The average molecular weight is 450 g/mol. The second-order valence-electron chi connectivity index (χ2n) is 6.79. The number of nitrogens with zero attached hydrogens (tertiary/aromatic N) is 2. The summed E-state index contributed by atoms with van der Waals surface area (Å²) in [6.07, 6.45) is 3.06. The minimum absolute atomic E-state index is 0.0436. The Labute approximate surface area is 190 Å². The number of amides is 1. The molecule has 0 fully saturated rings. The number of anilines is 1. The van der Waals surface area contributed by atoms with Crippen LogP contribution in [-0.2, 0) is 4.79 Å². The molecule has 164 valence electrons. The van der Waals surface area contributed by atoms with Crippen LogP contribution in [0, 0.1) is 25.2 Å². The molecular formula is C24H23N3O4S. The first-order valence-corrected chi connectivity index (χ1v) is 10.7. The normalized spacial score (nSPS) is 10.9. The number of rotatable bonds is 9. The second kappa shape index (κ2) is 11.0. The van der Waals surface area contributed by atoms with E-state index in [9.17, 15) is 10.1 Å². The van der Waals surface area contributed by atoms with E-state index in [1.807, 2.05) is 38.1 Å². The van der Waals surface area contributed by atoms with Crippen molar-refractivity contribution in [3.63, 3.8) is 0 Å². The van der Waals surface area contributed by atoms with Crippen LogP contribution in [0.5, 0.6) is 17.2 Å². The number of nitriles is 1. The molecule has 1 amide bonds. The van der Waals surface area contributed by atoms with Gasteiger partial charge < -0.3 is 14.2 Å². The standard InChI is InChI=1S/C24H23N3O4S/c1-16-5-4-6-17(2)22(16)31-11-10-30-20-8-7-18(14-21(20)29-3)13-19(15-25)23(28)27-24-26-9-12-32-24/h4-9,12-14H,10-11H2,1-3H3,(H,26,27,28)/b19-13-. The molecule has 0 saturated carbocycles. The first kappa shape index (κ1) is 22.8. The summed E-state index contributed by atoms with van der Waals surface area (Å²) >= 11 is 1.28. The third-order valence-electron chi connectivity index (χ3n) is 4.51. The van der Waals surface area contributed by atoms with Crippen LogP contribution < -0.4 is 19.5 Å². The highest BCUT2D eigenvalue weighted by atomic mass is 32.1. The zero-order valence-corrected chi connectivity index (χ0v) is 18.9. The molecule has 2 aromatic carbocycles. The van der Waals surface area contributed by atoms with E-state index < -0.39 is 5.91 Å². The first-order valence-electron chi connectivity index (χ1n) is 9.84. The third kappa shape index (κ3) is 5.86. The van der Waals surface area contributed by atoms with Crippen molar-refractivity contribution in [1.82, 2.24) is 4.98 Å². The number of ether oxygens (including phenoxy) is 3. The van der Waals surface area contributed by atoms with Crippen molar-refractivity contribution in [2.24, 2.45) is 0 Å². The van der Waals surface area contributed by atoms with Gasteiger partial charge in [0.1, 0.15) is 30.6 Å². The van der Waals surface area contributed by atoms with Gasteiger partial charge >= 0.3 is 0 Å². The van der Waals surface area contributed by atoms with Gasteiger partial charge in [-0.3, -0.25) is 10.1 Å². The molecule has 7 nitrogen and oxygen atoms in total. The number of thiazole rings is 1. The van der Waals surface area contributed by atoms with Crippen LogP contribution in [0.3, 0.4) is 0 Å². The Hall–Kier alpha value is -3.83. The zero-order valence-electron chi connectivity index (χ0n) is 18.0. The Morgan fingerprint density at radius 2 is 1.91 bits per heavy atom. The molecular weight excluding hydrogens is 426 g/mol. The molecule has 0 aliphatic heterocycles. The predicted octanol–water partition coefficient (Wildman–Crippen LogP) is 4.77. The lowest BCUT2D eigenvalue weighted by atomic mass is 10.1. The Bertz CT molecular complexity index is 1130. The van der Waals surface area contributed by atoms with Crippen molar-refractivity contribution in [2.45, 2.75) is 13.8 Å². The molecule has 0 aliphatic carbocycles. The van der Waals surface area contributed by atoms with Crippen LogP contribution in [0.25, 0.3) is 6.08 Å². The van der Waals surface area contributed by atoms with Crippen LogP contribution >= 0.6 is 11.3 Å². The number of aryl methyl sites for hydroxylation is 2. The molecule has 0 bridgehead atoms. The first-order chi connectivity index (χ1) is 15.5. The molecule has 0 spiro atoms. The lowest BCUT2D eigenvalue weighted by Gasteiger charge is -2.14. The Balaban J connectivity index is 1.64. The van der Waals surface area contributed by atoms with Crippen LogP contribution in [0.4, 0.5) is 5.13 Å². The highest BCUT2D eigenvalue weighted by molar-refractivity contribution is 7.13. The number of methoxy groups -OCH3 is 1. The number of hydrogen-bond acceptors (Lipinski definition) is 7. The van der Waals surface area contributed by atoms with Crippen LogP contribution in [0.1, 0.15) is 16.7 Å². The summed E-state index contributed by atoms with van der Waals surface area (Å²) in [4.78, 5) is 16.3. The minimum atomic E-state index is -0.523. The molecule has 1 heterocycles. The molecule has 1 N–H and O–H groups in total. The number of hydrogen-bond donors (Lipinski definition) is 1. The molecule has 3 rings (SSSR count). The maximum absolute atomic E-state index is 12.3. The monoisotopic (exact) mass is 449 g/mol. The number of para-hydroxylation sites is 1. The van der Waals surface area contributed by atoms with E-state index in [1.54, 1.807) is 29.8 Å². The van der Waals surface area contributed by atoms with Gasteiger partial charge in [0.2, 0.25) is 0 Å². The maximum Gasteiger partial charge on any atom is 0.268 e. The van der Waals surface area contributed by atoms with E-state index in [-0.39, 0.29) is 5.57 Å². The minimum Gasteiger partial charge on any atom is -0.493 e. The van der Waals surface area contributed by atoms with E-state index in [0.717, 1.165) is 16.9 Å². The van der Waals surface area contributed by atoms with Gasteiger partial charge in [-0.2, -0.15) is 5.26 Å². The fourth-order valence-electron chi connectivity index (χ4n) is 2.98. The van der Waals surface area contributed by atoms with Gasteiger partial charge in [-0.1, -0.05) is 24.3 Å². The van der Waals surface area contributed by atoms with Crippen molar-refractivity contribution in [1.29, 1.82) is 5.26 Å². The molecule has 32 heavy (non-hydrogen) atoms. The fourth-order valence-corrected chi connectivity index (χ4v) is 3.50. The quantitative estimate of drug-likeness (QED) is 0.287. The fraction of sp³-hybridized carbons (Fsp3) is 0.208. The van der Waals surface area contributed by atoms with Gasteiger partial charge in [-0.05, 0) is 48.7 Å². The maximum atomic E-state index is 12.3. The topological polar surface area (TPSA) is 93.5 Å². The second-order valence-corrected chi connectivity index (χ2v) is 7.68. The number of aromatic nitrogens is 1. The Morgan fingerprint density at radius 3 is 2.56 bits per heavy atom. The molecule has 3 aromatic rings. The summed E-state index contributed by atoms with van der Waals surface area (Å²) in [6, 6.07) is 13.1. The zero-order chi connectivity index (χ0) is 22.9. The number of carbonyl (C=O) groups is 1. The van der Waals surface area contributed by atoms with Crippen molar-refractivity contribution < 1.29 is 19.0 Å². The summed E-state index contributed by atoms with van der Waals surface area (Å²) < 4.78 is 17.1. The van der Waals surface area contributed by atoms with E-state index in [1.165, 1.54) is 24.5 Å². The van der Waals surface area contributed by atoms with Crippen LogP contribution in [0.15, 0.2) is 53.5 Å². The van der Waals surface area contributed by atoms with Crippen molar-refractivity contribution in [3.05, 3.63) is 70.2 Å². The van der Waals surface area contributed by atoms with Crippen LogP contribution in [0.2, 0.25) is 0 Å². The summed E-state index contributed by atoms with van der Waals surface area (Å²) in [5.41, 5.74) is 2.74. The SMILES string of the molecule is COc1cc(/C=C(/C#N)C(=O)Nc2nccs2)ccc1OCCOc1c(C)cccc1C. The largest absolute Gasteiger partial charge is 0.493 e. The third-order valence-corrected chi connectivity index (χ3v) is 5.20. The molecule has 0 saturated heterocycles. The van der Waals surface area contributed by atoms with Gasteiger partial charge in [0.25, 0.3) is 5.91 Å². The molecule has 0 aliphatic rings. The number of nitrogens with one attached hydrogen (secondary N) is 1. The van der Waals surface area contributed by atoms with Crippen molar-refractivity contribution >= 4 is 28.5 Å². The smallest absolute Gasteiger partial charge is 0.268 e. The highest BCUT2D eigenvalue weighted by Crippen LogP contribution is 2.29. The van der Waals surface area contributed by atoms with E-state index >= 15 is 0 Å². The van der Waals surface area contributed by atoms with Crippen molar-refractivity contribution in [2.75, 3.05) is 25.6 Å². The molecule has 0 unspecified atom stereocenters. The highest BCUT2D eigenvalue weighted by Gasteiger charge is 2.12. The predicted molar refractivity (Wildman–Crippen MR) is 124 cm³/mol. The summed E-state index contributed by atoms with van der Waals surface area (Å²) in [6.45, 7) is 4.72. The lowest BCUT2D eigenvalue weighted by Crippen LogP contribution is -2.13. The van der Waals surface area contributed by atoms with Gasteiger partial charge in [0.15, 0.2) is 16.6 Å². The van der Waals surface area contributed by atoms with Gasteiger partial charge in [-0.25, -0.2) is 4.98 Å². The Kier molecular flexibility index (Phi) is 7.84.